The van der Waals surface area contributed by atoms with Gasteiger partial charge in [0.2, 0.25) is 0 Å². The maximum absolute atomic E-state index is 5.86. The number of nitrogen functional groups attached to an aromatic ring is 1. The minimum Gasteiger partial charge on any atom is -0.494 e. The summed E-state index contributed by atoms with van der Waals surface area (Å²) < 4.78 is 5.48. The van der Waals surface area contributed by atoms with E-state index in [-0.39, 0.29) is 0 Å². The highest BCUT2D eigenvalue weighted by Crippen LogP contribution is 2.34. The molecule has 0 radical (unpaired) electrons. The van der Waals surface area contributed by atoms with Crippen molar-refractivity contribution in [1.82, 2.24) is 4.98 Å². The van der Waals surface area contributed by atoms with E-state index in [4.69, 9.17) is 15.5 Å². The average molecular weight is 310 g/mol. The highest BCUT2D eigenvalue weighted by atomic mass is 32.1. The van der Waals surface area contributed by atoms with Crippen molar-refractivity contribution in [2.75, 3.05) is 12.3 Å². The average Bonchev–Trinajstić information content (AvgIpc) is 2.90. The zero-order chi connectivity index (χ0) is 15.5. The highest BCUT2D eigenvalue weighted by molar-refractivity contribution is 7.15. The second-order valence-electron chi connectivity index (χ2n) is 5.01. The SMILES string of the molecule is CCOc1ccc(-c2nc(-c3cccc(N)c3)sc2C)cc1. The van der Waals surface area contributed by atoms with Gasteiger partial charge in [-0.15, -0.1) is 11.3 Å². The van der Waals surface area contributed by atoms with Crippen LogP contribution < -0.4 is 10.5 Å². The van der Waals surface area contributed by atoms with Gasteiger partial charge in [0, 0.05) is 21.7 Å². The molecule has 2 aromatic carbocycles. The van der Waals surface area contributed by atoms with E-state index in [0.29, 0.717) is 6.61 Å². The van der Waals surface area contributed by atoms with Crippen LogP contribution >= 0.6 is 11.3 Å². The summed E-state index contributed by atoms with van der Waals surface area (Å²) in [5, 5.41) is 0.994. The van der Waals surface area contributed by atoms with Gasteiger partial charge in [0.15, 0.2) is 0 Å². The largest absolute Gasteiger partial charge is 0.494 e. The second-order valence-corrected chi connectivity index (χ2v) is 6.21. The molecule has 0 aliphatic rings. The number of rotatable bonds is 4. The molecule has 4 heteroatoms. The number of nitrogens with zero attached hydrogens (tertiary/aromatic N) is 1. The molecular formula is C18H18N2OS. The lowest BCUT2D eigenvalue weighted by atomic mass is 10.1. The lowest BCUT2D eigenvalue weighted by molar-refractivity contribution is 0.340. The molecule has 22 heavy (non-hydrogen) atoms. The molecule has 3 aromatic rings. The predicted molar refractivity (Wildman–Crippen MR) is 93.3 cm³/mol. The van der Waals surface area contributed by atoms with Crippen LogP contribution in [0.5, 0.6) is 5.75 Å². The third-order valence-electron chi connectivity index (χ3n) is 3.37. The van der Waals surface area contributed by atoms with Crippen molar-refractivity contribution in [2.45, 2.75) is 13.8 Å². The van der Waals surface area contributed by atoms with Crippen LogP contribution in [-0.2, 0) is 0 Å². The molecule has 3 nitrogen and oxygen atoms in total. The third kappa shape index (κ3) is 2.97. The van der Waals surface area contributed by atoms with Gasteiger partial charge in [0.25, 0.3) is 0 Å². The number of ether oxygens (including phenoxy) is 1. The molecule has 1 heterocycles. The number of thiazole rings is 1. The first-order chi connectivity index (χ1) is 10.7. The van der Waals surface area contributed by atoms with Crippen LogP contribution in [-0.4, -0.2) is 11.6 Å². The fourth-order valence-corrected chi connectivity index (χ4v) is 3.27. The van der Waals surface area contributed by atoms with Gasteiger partial charge >= 0.3 is 0 Å². The Morgan fingerprint density at radius 1 is 1.09 bits per heavy atom. The van der Waals surface area contributed by atoms with Crippen LogP contribution in [0.4, 0.5) is 5.69 Å². The molecule has 112 valence electrons. The van der Waals surface area contributed by atoms with Gasteiger partial charge in [0.05, 0.1) is 12.3 Å². The first-order valence-electron chi connectivity index (χ1n) is 7.24. The summed E-state index contributed by atoms with van der Waals surface area (Å²) in [7, 11) is 0. The minimum absolute atomic E-state index is 0.675. The Balaban J connectivity index is 1.95. The predicted octanol–water partition coefficient (Wildman–Crippen LogP) is 4.77. The van der Waals surface area contributed by atoms with Crippen molar-refractivity contribution in [3.05, 3.63) is 53.4 Å². The molecule has 0 saturated carbocycles. The summed E-state index contributed by atoms with van der Waals surface area (Å²) in [5.74, 6) is 0.884. The Morgan fingerprint density at radius 3 is 2.55 bits per heavy atom. The number of anilines is 1. The lowest BCUT2D eigenvalue weighted by Crippen LogP contribution is -1.91. The Hall–Kier alpha value is -2.33. The van der Waals surface area contributed by atoms with E-state index in [1.54, 1.807) is 11.3 Å². The Bertz CT molecular complexity index is 778. The fraction of sp³-hybridized carbons (Fsp3) is 0.167. The van der Waals surface area contributed by atoms with Crippen LogP contribution in [0.25, 0.3) is 21.8 Å². The monoisotopic (exact) mass is 310 g/mol. The van der Waals surface area contributed by atoms with Crippen molar-refractivity contribution in [3.63, 3.8) is 0 Å². The number of benzene rings is 2. The Labute approximate surface area is 134 Å². The van der Waals surface area contributed by atoms with Crippen LogP contribution in [0.2, 0.25) is 0 Å². The maximum atomic E-state index is 5.86. The number of aromatic nitrogens is 1. The molecule has 2 N–H and O–H groups in total. The number of nitrogens with two attached hydrogens (primary N) is 1. The van der Waals surface area contributed by atoms with E-state index < -0.39 is 0 Å². The smallest absolute Gasteiger partial charge is 0.124 e. The first kappa shape index (κ1) is 14.6. The second kappa shape index (κ2) is 6.20. The molecule has 0 bridgehead atoms. The Morgan fingerprint density at radius 2 is 1.86 bits per heavy atom. The van der Waals surface area contributed by atoms with Crippen molar-refractivity contribution in [1.29, 1.82) is 0 Å². The summed E-state index contributed by atoms with van der Waals surface area (Å²) in [6, 6.07) is 15.9. The molecule has 0 fully saturated rings. The van der Waals surface area contributed by atoms with Crippen LogP contribution in [0.1, 0.15) is 11.8 Å². The normalized spacial score (nSPS) is 10.6. The lowest BCUT2D eigenvalue weighted by Gasteiger charge is -2.04. The van der Waals surface area contributed by atoms with E-state index >= 15 is 0 Å². The van der Waals surface area contributed by atoms with E-state index in [0.717, 1.165) is 33.3 Å². The molecule has 0 aliphatic carbocycles. The molecule has 0 atom stereocenters. The molecule has 0 saturated heterocycles. The van der Waals surface area contributed by atoms with E-state index in [1.165, 1.54) is 4.88 Å². The number of aryl methyl sites for hydroxylation is 1. The van der Waals surface area contributed by atoms with Gasteiger partial charge in [0.1, 0.15) is 10.8 Å². The molecule has 0 amide bonds. The summed E-state index contributed by atoms with van der Waals surface area (Å²) in [4.78, 5) is 5.99. The fourth-order valence-electron chi connectivity index (χ4n) is 2.34. The van der Waals surface area contributed by atoms with Gasteiger partial charge in [-0.25, -0.2) is 4.98 Å². The third-order valence-corrected chi connectivity index (χ3v) is 4.39. The van der Waals surface area contributed by atoms with E-state index in [9.17, 15) is 0 Å². The van der Waals surface area contributed by atoms with Crippen LogP contribution in [0, 0.1) is 6.92 Å². The molecule has 0 unspecified atom stereocenters. The standard InChI is InChI=1S/C18H18N2OS/c1-3-21-16-9-7-13(8-10-16)17-12(2)22-18(20-17)14-5-4-6-15(19)11-14/h4-11H,3,19H2,1-2H3. The summed E-state index contributed by atoms with van der Waals surface area (Å²) in [6.07, 6.45) is 0. The molecule has 3 rings (SSSR count). The maximum Gasteiger partial charge on any atom is 0.124 e. The first-order valence-corrected chi connectivity index (χ1v) is 8.05. The van der Waals surface area contributed by atoms with Gasteiger partial charge in [-0.2, -0.15) is 0 Å². The van der Waals surface area contributed by atoms with Crippen molar-refractivity contribution >= 4 is 17.0 Å². The van der Waals surface area contributed by atoms with Crippen molar-refractivity contribution in [3.8, 4) is 27.6 Å². The molecular weight excluding hydrogens is 292 g/mol. The van der Waals surface area contributed by atoms with Gasteiger partial charge in [-0.05, 0) is 50.2 Å². The highest BCUT2D eigenvalue weighted by Gasteiger charge is 2.11. The summed E-state index contributed by atoms with van der Waals surface area (Å²) in [5.41, 5.74) is 9.80. The Kier molecular flexibility index (Phi) is 4.11. The number of hydrogen-bond donors (Lipinski definition) is 1. The number of hydrogen-bond acceptors (Lipinski definition) is 4. The molecule has 0 spiro atoms. The zero-order valence-electron chi connectivity index (χ0n) is 12.7. The summed E-state index contributed by atoms with van der Waals surface area (Å²) in [6.45, 7) is 4.75. The minimum atomic E-state index is 0.675. The zero-order valence-corrected chi connectivity index (χ0v) is 13.5. The van der Waals surface area contributed by atoms with E-state index in [1.807, 2.05) is 43.3 Å². The summed E-state index contributed by atoms with van der Waals surface area (Å²) >= 11 is 1.69. The quantitative estimate of drug-likeness (QED) is 0.706. The molecule has 1 aromatic heterocycles. The van der Waals surface area contributed by atoms with Gasteiger partial charge < -0.3 is 10.5 Å². The van der Waals surface area contributed by atoms with Gasteiger partial charge in [-0.3, -0.25) is 0 Å². The van der Waals surface area contributed by atoms with Crippen LogP contribution in [0.15, 0.2) is 48.5 Å². The topological polar surface area (TPSA) is 48.1 Å². The van der Waals surface area contributed by atoms with E-state index in [2.05, 4.69) is 19.1 Å². The van der Waals surface area contributed by atoms with Crippen LogP contribution in [0.3, 0.4) is 0 Å². The van der Waals surface area contributed by atoms with Crippen molar-refractivity contribution in [2.24, 2.45) is 0 Å². The van der Waals surface area contributed by atoms with Crippen molar-refractivity contribution < 1.29 is 4.74 Å². The van der Waals surface area contributed by atoms with Gasteiger partial charge in [-0.1, -0.05) is 12.1 Å². The molecule has 0 aliphatic heterocycles.